The second-order valence-corrected chi connectivity index (χ2v) is 9.79. The highest BCUT2D eigenvalue weighted by Crippen LogP contribution is 2.45. The average molecular weight is 505 g/mol. The van der Waals surface area contributed by atoms with E-state index in [1.807, 2.05) is 6.92 Å². The van der Waals surface area contributed by atoms with Crippen LogP contribution in [0.15, 0.2) is 66.2 Å². The van der Waals surface area contributed by atoms with Crippen molar-refractivity contribution < 1.29 is 28.2 Å². The minimum atomic E-state index is -1.06. The molecule has 0 bridgehead atoms. The number of halogens is 2. The Morgan fingerprint density at radius 1 is 1.06 bits per heavy atom. The van der Waals surface area contributed by atoms with E-state index >= 15 is 0 Å². The molecule has 2 aliphatic heterocycles. The molecule has 4 aromatic rings. The molecule has 180 valence electrons. The van der Waals surface area contributed by atoms with E-state index in [1.54, 1.807) is 18.2 Å². The zero-order chi connectivity index (χ0) is 25.1. The Hall–Kier alpha value is -4.11. The van der Waals surface area contributed by atoms with E-state index in [0.717, 1.165) is 16.9 Å². The van der Waals surface area contributed by atoms with Gasteiger partial charge in [-0.25, -0.2) is 13.8 Å². The van der Waals surface area contributed by atoms with E-state index in [0.29, 0.717) is 33.5 Å². The molecule has 0 radical (unpaired) electrons. The molecule has 9 heteroatoms. The van der Waals surface area contributed by atoms with Crippen LogP contribution in [0.2, 0.25) is 0 Å². The third kappa shape index (κ3) is 3.54. The number of aromatic nitrogens is 1. The number of fused-ring (bicyclic) bond motifs is 2. The number of ether oxygens (including phenoxy) is 1. The highest BCUT2D eigenvalue weighted by atomic mass is 32.1. The molecule has 0 spiro atoms. The molecule has 0 aliphatic carbocycles. The van der Waals surface area contributed by atoms with Crippen LogP contribution in [0.1, 0.15) is 29.7 Å². The molecular formula is C27H18F2N2O4S. The number of carbonyl (C=O) groups excluding carboxylic acids is 2. The summed E-state index contributed by atoms with van der Waals surface area (Å²) < 4.78 is 33.7. The second-order valence-electron chi connectivity index (χ2n) is 8.78. The summed E-state index contributed by atoms with van der Waals surface area (Å²) in [6, 6.07) is 13.4. The van der Waals surface area contributed by atoms with Crippen LogP contribution in [-0.4, -0.2) is 27.9 Å². The Morgan fingerprint density at radius 2 is 1.81 bits per heavy atom. The number of rotatable bonds is 3. The third-order valence-corrected chi connectivity index (χ3v) is 7.36. The number of nitrogens with zero attached hydrogens (tertiary/aromatic N) is 2. The Bertz CT molecular complexity index is 1600. The maximum atomic E-state index is 13.8. The number of hydrogen-bond donors (Lipinski definition) is 1. The zero-order valence-electron chi connectivity index (χ0n) is 18.9. The molecule has 2 atom stereocenters. The maximum absolute atomic E-state index is 13.8. The molecule has 1 amide bonds. The van der Waals surface area contributed by atoms with Crippen LogP contribution in [0.5, 0.6) is 5.75 Å². The van der Waals surface area contributed by atoms with Gasteiger partial charge in [-0.15, -0.1) is 0 Å². The number of anilines is 1. The lowest BCUT2D eigenvalue weighted by atomic mass is 9.94. The molecule has 1 fully saturated rings. The summed E-state index contributed by atoms with van der Waals surface area (Å²) in [4.78, 5) is 32.3. The van der Waals surface area contributed by atoms with Gasteiger partial charge in [-0.05, 0) is 66.6 Å². The first-order valence-corrected chi connectivity index (χ1v) is 12.0. The van der Waals surface area contributed by atoms with Crippen LogP contribution < -0.4 is 9.64 Å². The molecule has 6 nitrogen and oxygen atoms in total. The Kier molecular flexibility index (Phi) is 5.11. The van der Waals surface area contributed by atoms with Gasteiger partial charge >= 0.3 is 5.91 Å². The SMILES string of the molecule is C[C@@H]1Cc2cc(/C(O)=C3\C(=O)C(=O)N(c4nc5ccc(F)cc5s4)[C@@H]3c3ccc(F)cc3)ccc2O1. The van der Waals surface area contributed by atoms with Crippen LogP contribution in [-0.2, 0) is 16.0 Å². The summed E-state index contributed by atoms with van der Waals surface area (Å²) in [6.45, 7) is 1.93. The molecule has 1 N–H and O–H groups in total. The number of thiazole rings is 1. The predicted molar refractivity (Wildman–Crippen MR) is 131 cm³/mol. The van der Waals surface area contributed by atoms with Crippen molar-refractivity contribution in [3.8, 4) is 5.75 Å². The number of ketones is 1. The van der Waals surface area contributed by atoms with Crippen LogP contribution >= 0.6 is 11.3 Å². The summed E-state index contributed by atoms with van der Waals surface area (Å²) in [6.07, 6.45) is 0.639. The largest absolute Gasteiger partial charge is 0.507 e. The van der Waals surface area contributed by atoms with Gasteiger partial charge in [0.15, 0.2) is 5.13 Å². The third-order valence-electron chi connectivity index (χ3n) is 6.34. The van der Waals surface area contributed by atoms with Crippen molar-refractivity contribution in [3.63, 3.8) is 0 Å². The first kappa shape index (κ1) is 22.4. The molecule has 3 heterocycles. The molecule has 36 heavy (non-hydrogen) atoms. The second kappa shape index (κ2) is 8.23. The van der Waals surface area contributed by atoms with Gasteiger partial charge in [0.2, 0.25) is 0 Å². The fourth-order valence-electron chi connectivity index (χ4n) is 4.70. The summed E-state index contributed by atoms with van der Waals surface area (Å²) in [5.41, 5.74) is 1.99. The quantitative estimate of drug-likeness (QED) is 0.226. The van der Waals surface area contributed by atoms with E-state index in [9.17, 15) is 23.5 Å². The summed E-state index contributed by atoms with van der Waals surface area (Å²) in [5, 5.41) is 11.5. The monoisotopic (exact) mass is 504 g/mol. The fourth-order valence-corrected chi connectivity index (χ4v) is 5.72. The van der Waals surface area contributed by atoms with Crippen molar-refractivity contribution in [3.05, 3.63) is 94.6 Å². The number of aliphatic hydroxyl groups is 1. The lowest BCUT2D eigenvalue weighted by Gasteiger charge is -2.23. The lowest BCUT2D eigenvalue weighted by molar-refractivity contribution is -0.132. The number of carbonyl (C=O) groups is 2. The van der Waals surface area contributed by atoms with Crippen LogP contribution in [0, 0.1) is 11.6 Å². The molecule has 0 saturated carbocycles. The van der Waals surface area contributed by atoms with E-state index in [-0.39, 0.29) is 22.6 Å². The Labute approximate surface area is 208 Å². The number of hydrogen-bond acceptors (Lipinski definition) is 6. The first-order chi connectivity index (χ1) is 17.3. The van der Waals surface area contributed by atoms with Crippen molar-refractivity contribution in [2.24, 2.45) is 0 Å². The minimum Gasteiger partial charge on any atom is -0.507 e. The van der Waals surface area contributed by atoms with Gasteiger partial charge in [-0.3, -0.25) is 14.5 Å². The molecule has 2 aliphatic rings. The minimum absolute atomic E-state index is 0.00827. The smallest absolute Gasteiger partial charge is 0.301 e. The van der Waals surface area contributed by atoms with Gasteiger partial charge in [-0.1, -0.05) is 23.5 Å². The topological polar surface area (TPSA) is 79.7 Å². The first-order valence-electron chi connectivity index (χ1n) is 11.2. The van der Waals surface area contributed by atoms with Crippen molar-refractivity contribution in [2.45, 2.75) is 25.5 Å². The standard InChI is InChI=1S/C27H18F2N2O4S/c1-13-10-16-11-15(4-9-20(16)35-13)24(32)22-23(14-2-5-17(28)6-3-14)31(26(34)25(22)33)27-30-19-8-7-18(29)12-21(19)36-27/h2-9,11-13,23,32H,10H2,1H3/b24-22+/t13-,23-/m1/s1. The van der Waals surface area contributed by atoms with Gasteiger partial charge in [0.05, 0.1) is 21.8 Å². The molecule has 6 rings (SSSR count). The van der Waals surface area contributed by atoms with Crippen LogP contribution in [0.4, 0.5) is 13.9 Å². The van der Waals surface area contributed by atoms with Crippen LogP contribution in [0.25, 0.3) is 16.0 Å². The maximum Gasteiger partial charge on any atom is 0.301 e. The Morgan fingerprint density at radius 3 is 2.58 bits per heavy atom. The number of Topliss-reactive ketones (excluding diaryl/α,β-unsaturated/α-hetero) is 1. The highest BCUT2D eigenvalue weighted by Gasteiger charge is 2.48. The fraction of sp³-hybridized carbons (Fsp3) is 0.148. The van der Waals surface area contributed by atoms with Gasteiger partial charge in [0.1, 0.15) is 29.2 Å². The van der Waals surface area contributed by atoms with Crippen molar-refractivity contribution in [1.29, 1.82) is 0 Å². The lowest BCUT2D eigenvalue weighted by Crippen LogP contribution is -2.29. The summed E-state index contributed by atoms with van der Waals surface area (Å²) >= 11 is 1.05. The Balaban J connectivity index is 1.53. The molecular weight excluding hydrogens is 486 g/mol. The molecule has 1 aromatic heterocycles. The van der Waals surface area contributed by atoms with Crippen molar-refractivity contribution in [1.82, 2.24) is 4.98 Å². The molecule has 1 saturated heterocycles. The highest BCUT2D eigenvalue weighted by molar-refractivity contribution is 7.22. The predicted octanol–water partition coefficient (Wildman–Crippen LogP) is 5.52. The van der Waals surface area contributed by atoms with E-state index < -0.39 is 29.4 Å². The number of aliphatic hydroxyl groups excluding tert-OH is 1. The van der Waals surface area contributed by atoms with Gasteiger partial charge in [-0.2, -0.15) is 0 Å². The van der Waals surface area contributed by atoms with Crippen LogP contribution in [0.3, 0.4) is 0 Å². The van der Waals surface area contributed by atoms with E-state index in [2.05, 4.69) is 4.98 Å². The van der Waals surface area contributed by atoms with E-state index in [4.69, 9.17) is 4.74 Å². The number of amides is 1. The average Bonchev–Trinajstić information content (AvgIpc) is 3.51. The normalized spacial score (nSPS) is 20.7. The van der Waals surface area contributed by atoms with Crippen molar-refractivity contribution >= 4 is 44.1 Å². The summed E-state index contributed by atoms with van der Waals surface area (Å²) in [7, 11) is 0. The molecule has 3 aromatic carbocycles. The number of benzene rings is 3. The van der Waals surface area contributed by atoms with Gasteiger partial charge in [0, 0.05) is 12.0 Å². The zero-order valence-corrected chi connectivity index (χ0v) is 19.7. The molecule has 0 unspecified atom stereocenters. The summed E-state index contributed by atoms with van der Waals surface area (Å²) in [5.74, 6) is -2.36. The van der Waals surface area contributed by atoms with Gasteiger partial charge in [0.25, 0.3) is 5.78 Å². The van der Waals surface area contributed by atoms with Gasteiger partial charge < -0.3 is 9.84 Å². The van der Waals surface area contributed by atoms with E-state index in [1.165, 1.54) is 47.4 Å². The van der Waals surface area contributed by atoms with Crippen molar-refractivity contribution in [2.75, 3.05) is 4.90 Å².